The van der Waals surface area contributed by atoms with Crippen LogP contribution in [0.5, 0.6) is 0 Å². The van der Waals surface area contributed by atoms with Gasteiger partial charge in [-0.25, -0.2) is 17.5 Å². The molecule has 0 radical (unpaired) electrons. The zero-order valence-corrected chi connectivity index (χ0v) is 12.1. The summed E-state index contributed by atoms with van der Waals surface area (Å²) in [5.41, 5.74) is -0.970. The molecule has 0 saturated heterocycles. The van der Waals surface area contributed by atoms with Crippen molar-refractivity contribution in [2.24, 2.45) is 0 Å². The molecule has 0 spiro atoms. The predicted octanol–water partition coefficient (Wildman–Crippen LogP) is 1.87. The minimum Gasteiger partial charge on any atom is -0.312 e. The van der Waals surface area contributed by atoms with Crippen molar-refractivity contribution in [2.75, 3.05) is 18.8 Å². The van der Waals surface area contributed by atoms with Crippen LogP contribution in [0.2, 0.25) is 0 Å². The molecule has 0 atom stereocenters. The van der Waals surface area contributed by atoms with E-state index in [4.69, 9.17) is 0 Å². The van der Waals surface area contributed by atoms with Gasteiger partial charge >= 0.3 is 6.18 Å². The first kappa shape index (κ1) is 17.9. The van der Waals surface area contributed by atoms with E-state index in [0.717, 1.165) is 12.1 Å². The van der Waals surface area contributed by atoms with Crippen LogP contribution in [-0.4, -0.2) is 27.3 Å². The van der Waals surface area contributed by atoms with Crippen molar-refractivity contribution in [3.8, 4) is 0 Å². The van der Waals surface area contributed by atoms with Gasteiger partial charge in [0, 0.05) is 19.6 Å². The Bertz CT molecular complexity index is 573. The van der Waals surface area contributed by atoms with Crippen LogP contribution >= 0.6 is 0 Å². The van der Waals surface area contributed by atoms with Crippen molar-refractivity contribution >= 4 is 10.0 Å². The number of hydrogen-bond donors (Lipinski definition) is 2. The van der Waals surface area contributed by atoms with E-state index < -0.39 is 27.6 Å². The van der Waals surface area contributed by atoms with E-state index in [-0.39, 0.29) is 31.0 Å². The number of halogens is 4. The number of sulfonamides is 1. The van der Waals surface area contributed by atoms with Gasteiger partial charge in [-0.15, -0.1) is 0 Å². The molecular weight excluding hydrogens is 312 g/mol. The lowest BCUT2D eigenvalue weighted by Gasteiger charge is -2.10. The lowest BCUT2D eigenvalue weighted by Crippen LogP contribution is -2.31. The summed E-state index contributed by atoms with van der Waals surface area (Å²) < 4.78 is 75.6. The Morgan fingerprint density at radius 1 is 1.19 bits per heavy atom. The molecule has 9 heteroatoms. The second kappa shape index (κ2) is 7.19. The van der Waals surface area contributed by atoms with Crippen LogP contribution in [0.3, 0.4) is 0 Å². The monoisotopic (exact) mass is 328 g/mol. The van der Waals surface area contributed by atoms with E-state index in [0.29, 0.717) is 6.07 Å². The Kier molecular flexibility index (Phi) is 6.11. The summed E-state index contributed by atoms with van der Waals surface area (Å²) in [5.74, 6) is -1.19. The molecule has 0 bridgehead atoms. The molecule has 120 valence electrons. The van der Waals surface area contributed by atoms with E-state index in [9.17, 15) is 26.0 Å². The van der Waals surface area contributed by atoms with Crippen molar-refractivity contribution in [3.05, 3.63) is 35.1 Å². The summed E-state index contributed by atoms with van der Waals surface area (Å²) in [6.45, 7) is 1.90. The summed E-state index contributed by atoms with van der Waals surface area (Å²) >= 11 is 0. The van der Waals surface area contributed by atoms with Gasteiger partial charge in [0.05, 0.1) is 11.3 Å². The second-order valence-electron chi connectivity index (χ2n) is 4.34. The van der Waals surface area contributed by atoms with Crippen molar-refractivity contribution in [3.63, 3.8) is 0 Å². The fourth-order valence-electron chi connectivity index (χ4n) is 1.65. The quantitative estimate of drug-likeness (QED) is 0.593. The highest BCUT2D eigenvalue weighted by atomic mass is 32.2. The Balaban J connectivity index is 2.59. The molecule has 0 amide bonds. The normalized spacial score (nSPS) is 12.6. The molecule has 0 aliphatic heterocycles. The second-order valence-corrected chi connectivity index (χ2v) is 6.27. The fraction of sp³-hybridized carbons (Fsp3) is 0.500. The minimum atomic E-state index is -4.62. The molecule has 1 aromatic rings. The third kappa shape index (κ3) is 6.40. The first-order valence-electron chi connectivity index (χ1n) is 6.19. The van der Waals surface area contributed by atoms with Crippen molar-refractivity contribution in [1.29, 1.82) is 0 Å². The van der Waals surface area contributed by atoms with Crippen LogP contribution < -0.4 is 10.0 Å². The third-order valence-corrected chi connectivity index (χ3v) is 4.00. The average molecular weight is 328 g/mol. The smallest absolute Gasteiger partial charge is 0.312 e. The van der Waals surface area contributed by atoms with Gasteiger partial charge in [0.25, 0.3) is 0 Å². The first-order chi connectivity index (χ1) is 9.64. The zero-order valence-electron chi connectivity index (χ0n) is 11.3. The Labute approximate surface area is 120 Å². The Morgan fingerprint density at radius 3 is 2.43 bits per heavy atom. The minimum absolute atomic E-state index is 0.0488. The van der Waals surface area contributed by atoms with E-state index >= 15 is 0 Å². The van der Waals surface area contributed by atoms with Crippen molar-refractivity contribution in [1.82, 2.24) is 10.0 Å². The highest BCUT2D eigenvalue weighted by Gasteiger charge is 2.31. The van der Waals surface area contributed by atoms with Gasteiger partial charge in [-0.2, -0.15) is 13.2 Å². The van der Waals surface area contributed by atoms with Crippen LogP contribution in [0.15, 0.2) is 18.2 Å². The molecule has 0 aliphatic carbocycles. The molecule has 1 rings (SSSR count). The summed E-state index contributed by atoms with van der Waals surface area (Å²) in [6.07, 6.45) is -4.62. The number of rotatable bonds is 7. The van der Waals surface area contributed by atoms with Crippen LogP contribution in [-0.2, 0) is 22.7 Å². The average Bonchev–Trinajstić information content (AvgIpc) is 2.33. The predicted molar refractivity (Wildman–Crippen MR) is 70.6 cm³/mol. The van der Waals surface area contributed by atoms with Crippen LogP contribution in [0.1, 0.15) is 18.1 Å². The van der Waals surface area contributed by atoms with E-state index in [2.05, 4.69) is 10.0 Å². The molecule has 4 nitrogen and oxygen atoms in total. The van der Waals surface area contributed by atoms with Gasteiger partial charge in [-0.3, -0.25) is 0 Å². The number of benzene rings is 1. The van der Waals surface area contributed by atoms with Gasteiger partial charge in [0.1, 0.15) is 5.82 Å². The van der Waals surface area contributed by atoms with Gasteiger partial charge in [0.2, 0.25) is 10.0 Å². The molecular formula is C12H16F4N2O2S. The molecule has 2 N–H and O–H groups in total. The standard InChI is InChI=1S/C12H16F4N2O2S/c1-2-18-21(19,20)4-3-17-8-9-5-10(12(14,15)16)7-11(13)6-9/h5-7,17-18H,2-4,8H2,1H3. The van der Waals surface area contributed by atoms with Crippen LogP contribution in [0.4, 0.5) is 17.6 Å². The maximum absolute atomic E-state index is 13.1. The van der Waals surface area contributed by atoms with E-state index in [1.807, 2.05) is 0 Å². The van der Waals surface area contributed by atoms with E-state index in [1.165, 1.54) is 0 Å². The fourth-order valence-corrected chi connectivity index (χ4v) is 2.64. The van der Waals surface area contributed by atoms with Gasteiger partial charge < -0.3 is 5.32 Å². The summed E-state index contributed by atoms with van der Waals surface area (Å²) in [5, 5.41) is 2.67. The van der Waals surface area contributed by atoms with Gasteiger partial charge in [-0.1, -0.05) is 6.92 Å². The molecule has 0 aromatic heterocycles. The lowest BCUT2D eigenvalue weighted by atomic mass is 10.1. The van der Waals surface area contributed by atoms with Crippen molar-refractivity contribution < 1.29 is 26.0 Å². The zero-order chi connectivity index (χ0) is 16.1. The van der Waals surface area contributed by atoms with Crippen molar-refractivity contribution in [2.45, 2.75) is 19.6 Å². The first-order valence-corrected chi connectivity index (χ1v) is 7.84. The Hall–Kier alpha value is -1.19. The SMILES string of the molecule is CCNS(=O)(=O)CCNCc1cc(F)cc(C(F)(F)F)c1. The summed E-state index contributed by atoms with van der Waals surface area (Å²) in [6, 6.07) is 2.22. The highest BCUT2D eigenvalue weighted by Crippen LogP contribution is 2.30. The number of hydrogen-bond acceptors (Lipinski definition) is 3. The van der Waals surface area contributed by atoms with Crippen LogP contribution in [0, 0.1) is 5.82 Å². The Morgan fingerprint density at radius 2 is 1.86 bits per heavy atom. The summed E-state index contributed by atoms with van der Waals surface area (Å²) in [7, 11) is -3.39. The molecule has 0 unspecified atom stereocenters. The number of alkyl halides is 3. The number of nitrogens with one attached hydrogen (secondary N) is 2. The maximum Gasteiger partial charge on any atom is 0.416 e. The van der Waals surface area contributed by atoms with Crippen LogP contribution in [0.25, 0.3) is 0 Å². The maximum atomic E-state index is 13.1. The molecule has 1 aromatic carbocycles. The summed E-state index contributed by atoms with van der Waals surface area (Å²) in [4.78, 5) is 0. The largest absolute Gasteiger partial charge is 0.416 e. The third-order valence-electron chi connectivity index (χ3n) is 2.53. The molecule has 0 fully saturated rings. The topological polar surface area (TPSA) is 58.2 Å². The molecule has 0 saturated carbocycles. The van der Waals surface area contributed by atoms with E-state index in [1.54, 1.807) is 6.92 Å². The molecule has 21 heavy (non-hydrogen) atoms. The van der Waals surface area contributed by atoms with Gasteiger partial charge in [-0.05, 0) is 23.8 Å². The lowest BCUT2D eigenvalue weighted by molar-refractivity contribution is -0.137. The molecule has 0 aliphatic rings. The van der Waals surface area contributed by atoms with Gasteiger partial charge in [0.15, 0.2) is 0 Å². The molecule has 0 heterocycles. The highest BCUT2D eigenvalue weighted by molar-refractivity contribution is 7.89.